The highest BCUT2D eigenvalue weighted by molar-refractivity contribution is 5.78. The summed E-state index contributed by atoms with van der Waals surface area (Å²) < 4.78 is 12.0. The van der Waals surface area contributed by atoms with Crippen molar-refractivity contribution in [1.29, 1.82) is 0 Å². The van der Waals surface area contributed by atoms with Crippen molar-refractivity contribution in [2.24, 2.45) is 17.8 Å². The fourth-order valence-corrected chi connectivity index (χ4v) is 9.06. The largest absolute Gasteiger partial charge is 0.390 e. The zero-order chi connectivity index (χ0) is 33.6. The van der Waals surface area contributed by atoms with Crippen molar-refractivity contribution < 1.29 is 24.2 Å². The lowest BCUT2D eigenvalue weighted by atomic mass is 9.74. The summed E-state index contributed by atoms with van der Waals surface area (Å²) in [6.45, 7) is 13.6. The van der Waals surface area contributed by atoms with Crippen LogP contribution in [0.5, 0.6) is 0 Å². The van der Waals surface area contributed by atoms with Crippen molar-refractivity contribution in [3.8, 4) is 0 Å². The lowest BCUT2D eigenvalue weighted by Gasteiger charge is -2.45. The average molecular weight is 677 g/mol. The molecule has 2 amide bonds. The summed E-state index contributed by atoms with van der Waals surface area (Å²) in [5, 5.41) is 25.1. The fourth-order valence-electron chi connectivity index (χ4n) is 9.06. The first kappa shape index (κ1) is 36.4. The molecule has 5 saturated heterocycles. The molecule has 13 heteroatoms. The fraction of sp³-hybridized carbons (Fsp3) is 0.943. The van der Waals surface area contributed by atoms with E-state index in [1.54, 1.807) is 6.92 Å². The van der Waals surface area contributed by atoms with Crippen LogP contribution in [0.2, 0.25) is 0 Å². The van der Waals surface area contributed by atoms with Crippen molar-refractivity contribution in [3.63, 3.8) is 0 Å². The number of hydrogen-bond donors (Lipinski definition) is 5. The highest BCUT2D eigenvalue weighted by atomic mass is 16.5. The molecule has 13 nitrogen and oxygen atoms in total. The van der Waals surface area contributed by atoms with Crippen LogP contribution in [0.15, 0.2) is 0 Å². The highest BCUT2D eigenvalue weighted by Gasteiger charge is 2.39. The standard InChI is InChI=1S/C35H64N8O5/c1-24-32(48-23-37-24)22-47-31-5-4-27-20-41(9-6-26(27)16-31)21-30(45)19-36-35(46)28-17-33(38-29-7-10-42(11-8-29)25(2)44)39-34(18-28)43-14-12-40(3)13-15-43/h24,26-34,37-39,45H,4-23H2,1-3H3,(H,36,46)/t24?,26?,27?,28?,30-,31?,32?,33?,34?/m0/s1. The number of ether oxygens (including phenoxy) is 2. The van der Waals surface area contributed by atoms with Gasteiger partial charge in [0.15, 0.2) is 0 Å². The minimum atomic E-state index is -0.581. The number of piperazine rings is 1. The second kappa shape index (κ2) is 17.2. The molecule has 9 atom stereocenters. The number of hydrogen-bond acceptors (Lipinski definition) is 11. The van der Waals surface area contributed by atoms with Crippen LogP contribution in [0.25, 0.3) is 0 Å². The topological polar surface area (TPSA) is 134 Å². The van der Waals surface area contributed by atoms with E-state index in [1.165, 1.54) is 6.42 Å². The molecule has 1 aliphatic carbocycles. The summed E-state index contributed by atoms with van der Waals surface area (Å²) in [6.07, 6.45) is 7.99. The first-order valence-corrected chi connectivity index (χ1v) is 19.0. The molecule has 48 heavy (non-hydrogen) atoms. The smallest absolute Gasteiger partial charge is 0.223 e. The predicted octanol–water partition coefficient (Wildman–Crippen LogP) is -0.195. The third-order valence-electron chi connectivity index (χ3n) is 12.3. The Kier molecular flexibility index (Phi) is 13.0. The molecule has 5 N–H and O–H groups in total. The Morgan fingerprint density at radius 2 is 1.77 bits per heavy atom. The number of piperidine rings is 3. The zero-order valence-electron chi connectivity index (χ0n) is 29.8. The van der Waals surface area contributed by atoms with E-state index in [0.29, 0.717) is 56.5 Å². The van der Waals surface area contributed by atoms with Crippen molar-refractivity contribution in [2.45, 2.75) is 108 Å². The van der Waals surface area contributed by atoms with Crippen molar-refractivity contribution in [1.82, 2.24) is 40.9 Å². The number of aliphatic hydroxyl groups excluding tert-OH is 1. The number of aliphatic hydroxyl groups is 1. The number of nitrogens with zero attached hydrogens (tertiary/aromatic N) is 4. The maximum atomic E-state index is 13.6. The molecule has 0 aromatic heterocycles. The summed E-state index contributed by atoms with van der Waals surface area (Å²) in [6, 6.07) is 0.677. The Bertz CT molecular complexity index is 1040. The van der Waals surface area contributed by atoms with E-state index < -0.39 is 6.10 Å². The molecule has 0 spiro atoms. The molecule has 274 valence electrons. The lowest BCUT2D eigenvalue weighted by molar-refractivity contribution is -0.130. The van der Waals surface area contributed by atoms with E-state index >= 15 is 0 Å². The Morgan fingerprint density at radius 3 is 2.50 bits per heavy atom. The van der Waals surface area contributed by atoms with Crippen LogP contribution in [0.4, 0.5) is 0 Å². The SMILES string of the molecule is CC(=O)N1CCC(NC2CC(C(=O)NC[C@H](O)CN3CCC4CC(OCC5OCNC5C)CCC4C3)CC(N3CCN(C)CC3)N2)CC1. The molecule has 6 rings (SSSR count). The Balaban J connectivity index is 0.937. The van der Waals surface area contributed by atoms with Gasteiger partial charge in [-0.15, -0.1) is 0 Å². The van der Waals surface area contributed by atoms with Crippen molar-refractivity contribution in [3.05, 3.63) is 0 Å². The monoisotopic (exact) mass is 676 g/mol. The minimum Gasteiger partial charge on any atom is -0.390 e. The van der Waals surface area contributed by atoms with E-state index in [2.05, 4.69) is 49.9 Å². The average Bonchev–Trinajstić information content (AvgIpc) is 3.50. The van der Waals surface area contributed by atoms with Crippen molar-refractivity contribution >= 4 is 11.8 Å². The summed E-state index contributed by atoms with van der Waals surface area (Å²) in [5.41, 5.74) is 0. The number of carbonyl (C=O) groups excluding carboxylic acids is 2. The minimum absolute atomic E-state index is 0.0383. The Morgan fingerprint density at radius 1 is 0.979 bits per heavy atom. The number of amides is 2. The number of nitrogens with one attached hydrogen (secondary N) is 4. The molecular formula is C35H64N8O5. The van der Waals surface area contributed by atoms with Gasteiger partial charge in [-0.05, 0) is 83.7 Å². The van der Waals surface area contributed by atoms with Gasteiger partial charge < -0.3 is 34.6 Å². The molecule has 0 aromatic rings. The van der Waals surface area contributed by atoms with E-state index in [4.69, 9.17) is 9.47 Å². The van der Waals surface area contributed by atoms with Crippen LogP contribution in [0.3, 0.4) is 0 Å². The summed E-state index contributed by atoms with van der Waals surface area (Å²) in [5.74, 6) is 1.43. The van der Waals surface area contributed by atoms with Gasteiger partial charge in [0.2, 0.25) is 11.8 Å². The number of carbonyl (C=O) groups is 2. The maximum Gasteiger partial charge on any atom is 0.223 e. The van der Waals surface area contributed by atoms with Gasteiger partial charge in [-0.25, -0.2) is 0 Å². The molecule has 5 aliphatic heterocycles. The predicted molar refractivity (Wildman–Crippen MR) is 184 cm³/mol. The van der Waals surface area contributed by atoms with Gasteiger partial charge in [-0.1, -0.05) is 0 Å². The van der Waals surface area contributed by atoms with Gasteiger partial charge in [0.05, 0.1) is 44.0 Å². The number of rotatable bonds is 11. The third kappa shape index (κ3) is 9.88. The van der Waals surface area contributed by atoms with Gasteiger partial charge in [0.1, 0.15) is 0 Å². The first-order chi connectivity index (χ1) is 23.2. The second-order valence-electron chi connectivity index (χ2n) is 15.8. The van der Waals surface area contributed by atoms with Gasteiger partial charge in [0, 0.05) is 83.8 Å². The van der Waals surface area contributed by atoms with Crippen LogP contribution in [-0.4, -0.2) is 165 Å². The van der Waals surface area contributed by atoms with Crippen LogP contribution >= 0.6 is 0 Å². The Labute approximate surface area is 288 Å². The number of likely N-dealkylation sites (N-methyl/N-ethyl adjacent to an activating group) is 1. The van der Waals surface area contributed by atoms with E-state index in [9.17, 15) is 14.7 Å². The molecule has 0 radical (unpaired) electrons. The Hall–Kier alpha value is -1.42. The van der Waals surface area contributed by atoms with Crippen LogP contribution in [0.1, 0.15) is 65.2 Å². The van der Waals surface area contributed by atoms with Crippen molar-refractivity contribution in [2.75, 3.05) is 85.8 Å². The summed E-state index contributed by atoms with van der Waals surface area (Å²) in [4.78, 5) is 34.6. The van der Waals surface area contributed by atoms with E-state index in [-0.39, 0.29) is 36.2 Å². The second-order valence-corrected chi connectivity index (χ2v) is 15.8. The quantitative estimate of drug-likeness (QED) is 0.199. The highest BCUT2D eigenvalue weighted by Crippen LogP contribution is 2.37. The molecule has 6 fully saturated rings. The number of fused-ring (bicyclic) bond motifs is 1. The molecule has 6 aliphatic rings. The van der Waals surface area contributed by atoms with Gasteiger partial charge in [-0.2, -0.15) is 0 Å². The summed E-state index contributed by atoms with van der Waals surface area (Å²) >= 11 is 0. The maximum absolute atomic E-state index is 13.6. The van der Waals surface area contributed by atoms with E-state index in [0.717, 1.165) is 97.3 Å². The van der Waals surface area contributed by atoms with Gasteiger partial charge >= 0.3 is 0 Å². The number of β-amino-alcohol motifs (C(OH)–C–C–N with tert-alkyl or cyclic N) is 1. The van der Waals surface area contributed by atoms with Gasteiger partial charge in [0.25, 0.3) is 0 Å². The molecule has 0 aromatic carbocycles. The first-order valence-electron chi connectivity index (χ1n) is 19.0. The molecular weight excluding hydrogens is 612 g/mol. The third-order valence-corrected chi connectivity index (χ3v) is 12.3. The molecule has 0 bridgehead atoms. The summed E-state index contributed by atoms with van der Waals surface area (Å²) in [7, 11) is 2.17. The van der Waals surface area contributed by atoms with Crippen LogP contribution in [-0.2, 0) is 19.1 Å². The normalized spacial score (nSPS) is 36.9. The molecule has 8 unspecified atom stereocenters. The molecule has 5 heterocycles. The lowest BCUT2D eigenvalue weighted by Crippen LogP contribution is -2.64. The zero-order valence-corrected chi connectivity index (χ0v) is 29.8. The molecule has 1 saturated carbocycles. The van der Waals surface area contributed by atoms with Crippen LogP contribution < -0.4 is 21.3 Å². The van der Waals surface area contributed by atoms with E-state index in [1.807, 2.05) is 4.90 Å². The van der Waals surface area contributed by atoms with Gasteiger partial charge in [-0.3, -0.25) is 30.4 Å². The van der Waals surface area contributed by atoms with Crippen LogP contribution in [0, 0.1) is 17.8 Å². The number of likely N-dealkylation sites (tertiary alicyclic amines) is 2.